The Hall–Kier alpha value is -2.22. The number of furan rings is 1. The van der Waals surface area contributed by atoms with Crippen LogP contribution in [0.1, 0.15) is 32.4 Å². The van der Waals surface area contributed by atoms with Crippen LogP contribution in [-0.2, 0) is 16.1 Å². The first-order valence-corrected chi connectivity index (χ1v) is 11.0. The normalized spacial score (nSPS) is 15.8. The van der Waals surface area contributed by atoms with Crippen molar-refractivity contribution in [3.8, 4) is 0 Å². The number of carbonyl (C=O) groups excluding carboxylic acids is 2. The quantitative estimate of drug-likeness (QED) is 0.589. The SMILES string of the molecule is CC(C)N(CC(=O)N(Cc1ccco1)CC1CCCO1)C(=O)Nc1ccc(Cl)cc1Cl. The number of carbonyl (C=O) groups is 2. The van der Waals surface area contributed by atoms with E-state index in [9.17, 15) is 9.59 Å². The van der Waals surface area contributed by atoms with E-state index < -0.39 is 6.03 Å². The molecule has 31 heavy (non-hydrogen) atoms. The van der Waals surface area contributed by atoms with E-state index in [4.69, 9.17) is 32.4 Å². The van der Waals surface area contributed by atoms with E-state index in [1.165, 1.54) is 4.90 Å². The molecule has 1 aliphatic heterocycles. The number of nitrogens with one attached hydrogen (secondary N) is 1. The molecular formula is C22H27Cl2N3O4. The molecule has 0 bridgehead atoms. The first-order valence-electron chi connectivity index (χ1n) is 10.3. The smallest absolute Gasteiger partial charge is 0.322 e. The third kappa shape index (κ3) is 6.63. The zero-order valence-electron chi connectivity index (χ0n) is 17.6. The van der Waals surface area contributed by atoms with Crippen LogP contribution in [0, 0.1) is 0 Å². The minimum absolute atomic E-state index is 0.00638. The number of hydrogen-bond donors (Lipinski definition) is 1. The van der Waals surface area contributed by atoms with Crippen LogP contribution in [0.25, 0.3) is 0 Å². The lowest BCUT2D eigenvalue weighted by Crippen LogP contribution is -2.48. The molecule has 1 aromatic heterocycles. The number of ether oxygens (including phenoxy) is 1. The van der Waals surface area contributed by atoms with Gasteiger partial charge in [-0.15, -0.1) is 0 Å². The maximum Gasteiger partial charge on any atom is 0.322 e. The molecule has 168 valence electrons. The summed E-state index contributed by atoms with van der Waals surface area (Å²) in [4.78, 5) is 29.3. The molecule has 1 unspecified atom stereocenters. The van der Waals surface area contributed by atoms with Gasteiger partial charge in [-0.05, 0) is 57.0 Å². The van der Waals surface area contributed by atoms with Gasteiger partial charge in [-0.2, -0.15) is 0 Å². The molecule has 0 radical (unpaired) electrons. The number of anilines is 1. The predicted octanol–water partition coefficient (Wildman–Crippen LogP) is 5.04. The highest BCUT2D eigenvalue weighted by Crippen LogP contribution is 2.26. The highest BCUT2D eigenvalue weighted by molar-refractivity contribution is 6.36. The molecule has 1 N–H and O–H groups in total. The summed E-state index contributed by atoms with van der Waals surface area (Å²) >= 11 is 12.1. The number of hydrogen-bond acceptors (Lipinski definition) is 4. The maximum atomic E-state index is 13.2. The molecule has 2 heterocycles. The van der Waals surface area contributed by atoms with Gasteiger partial charge >= 0.3 is 6.03 Å². The number of urea groups is 1. The summed E-state index contributed by atoms with van der Waals surface area (Å²) in [5, 5.41) is 3.57. The van der Waals surface area contributed by atoms with Crippen molar-refractivity contribution >= 4 is 40.8 Å². The lowest BCUT2D eigenvalue weighted by molar-refractivity contribution is -0.134. The van der Waals surface area contributed by atoms with E-state index in [2.05, 4.69) is 5.32 Å². The van der Waals surface area contributed by atoms with Crippen molar-refractivity contribution in [2.24, 2.45) is 0 Å². The molecule has 1 atom stereocenters. The van der Waals surface area contributed by atoms with Crippen LogP contribution in [0.5, 0.6) is 0 Å². The maximum absolute atomic E-state index is 13.2. The molecule has 0 aliphatic carbocycles. The summed E-state index contributed by atoms with van der Waals surface area (Å²) in [7, 11) is 0. The van der Waals surface area contributed by atoms with Gasteiger partial charge in [0.25, 0.3) is 0 Å². The van der Waals surface area contributed by atoms with Crippen LogP contribution >= 0.6 is 23.2 Å². The number of amides is 3. The summed E-state index contributed by atoms with van der Waals surface area (Å²) < 4.78 is 11.1. The molecule has 1 aliphatic rings. The van der Waals surface area contributed by atoms with Gasteiger partial charge in [0.2, 0.25) is 5.91 Å². The Labute approximate surface area is 192 Å². The average Bonchev–Trinajstić information content (AvgIpc) is 3.41. The third-order valence-corrected chi connectivity index (χ3v) is 5.64. The summed E-state index contributed by atoms with van der Waals surface area (Å²) in [6, 6.07) is 7.81. The van der Waals surface area contributed by atoms with E-state index in [1.807, 2.05) is 19.9 Å². The Kier molecular flexibility index (Phi) is 8.23. The van der Waals surface area contributed by atoms with Gasteiger partial charge in [-0.3, -0.25) is 4.79 Å². The van der Waals surface area contributed by atoms with Crippen molar-refractivity contribution in [3.05, 3.63) is 52.4 Å². The molecule has 0 spiro atoms. The van der Waals surface area contributed by atoms with E-state index in [0.717, 1.165) is 12.8 Å². The van der Waals surface area contributed by atoms with E-state index in [0.29, 0.717) is 41.2 Å². The Balaban J connectivity index is 1.70. The first kappa shape index (κ1) is 23.4. The standard InChI is InChI=1S/C22H27Cl2N3O4/c1-15(2)27(22(29)25-20-8-7-16(23)11-19(20)24)14-21(28)26(12-17-5-3-9-30-17)13-18-6-4-10-31-18/h3,5,7-9,11,15,18H,4,6,10,12-14H2,1-2H3,(H,25,29). The molecule has 2 aromatic rings. The molecule has 9 heteroatoms. The van der Waals surface area contributed by atoms with Gasteiger partial charge in [0, 0.05) is 24.2 Å². The van der Waals surface area contributed by atoms with Gasteiger partial charge in [0.15, 0.2) is 0 Å². The Morgan fingerprint density at radius 1 is 1.26 bits per heavy atom. The fourth-order valence-electron chi connectivity index (χ4n) is 3.39. The third-order valence-electron chi connectivity index (χ3n) is 5.09. The van der Waals surface area contributed by atoms with Crippen molar-refractivity contribution < 1.29 is 18.7 Å². The van der Waals surface area contributed by atoms with Crippen LogP contribution in [0.2, 0.25) is 10.0 Å². The summed E-state index contributed by atoms with van der Waals surface area (Å²) in [5.41, 5.74) is 0.431. The lowest BCUT2D eigenvalue weighted by Gasteiger charge is -2.31. The van der Waals surface area contributed by atoms with Crippen molar-refractivity contribution in [2.45, 2.75) is 45.4 Å². The van der Waals surface area contributed by atoms with Crippen molar-refractivity contribution in [1.82, 2.24) is 9.80 Å². The topological polar surface area (TPSA) is 75.0 Å². The van der Waals surface area contributed by atoms with Crippen LogP contribution < -0.4 is 5.32 Å². The highest BCUT2D eigenvalue weighted by Gasteiger charge is 2.27. The van der Waals surface area contributed by atoms with Crippen LogP contribution in [0.3, 0.4) is 0 Å². The molecule has 1 saturated heterocycles. The van der Waals surface area contributed by atoms with Gasteiger partial charge in [-0.25, -0.2) is 4.79 Å². The molecule has 3 amide bonds. The fraction of sp³-hybridized carbons (Fsp3) is 0.455. The molecule has 3 rings (SSSR count). The molecule has 1 fully saturated rings. The van der Waals surface area contributed by atoms with E-state index >= 15 is 0 Å². The highest BCUT2D eigenvalue weighted by atomic mass is 35.5. The average molecular weight is 468 g/mol. The monoisotopic (exact) mass is 467 g/mol. The van der Waals surface area contributed by atoms with Crippen molar-refractivity contribution in [1.29, 1.82) is 0 Å². The first-order chi connectivity index (χ1) is 14.8. The van der Waals surface area contributed by atoms with E-state index in [1.54, 1.807) is 35.4 Å². The zero-order chi connectivity index (χ0) is 22.4. The Morgan fingerprint density at radius 3 is 2.68 bits per heavy atom. The van der Waals surface area contributed by atoms with Crippen molar-refractivity contribution in [2.75, 3.05) is 25.0 Å². The van der Waals surface area contributed by atoms with Gasteiger partial charge in [-0.1, -0.05) is 23.2 Å². The van der Waals surface area contributed by atoms with Crippen LogP contribution in [0.15, 0.2) is 41.0 Å². The van der Waals surface area contributed by atoms with Crippen LogP contribution in [-0.4, -0.2) is 53.6 Å². The second-order valence-corrected chi connectivity index (χ2v) is 8.61. The molecule has 7 nitrogen and oxygen atoms in total. The number of halogens is 2. The largest absolute Gasteiger partial charge is 0.467 e. The Morgan fingerprint density at radius 2 is 2.06 bits per heavy atom. The summed E-state index contributed by atoms with van der Waals surface area (Å²) in [6.07, 6.45) is 3.46. The molecule has 0 saturated carbocycles. The summed E-state index contributed by atoms with van der Waals surface area (Å²) in [6.45, 7) is 5.11. The number of rotatable bonds is 8. The number of benzene rings is 1. The Bertz CT molecular complexity index is 883. The van der Waals surface area contributed by atoms with Gasteiger partial charge in [0.1, 0.15) is 12.3 Å². The second-order valence-electron chi connectivity index (χ2n) is 7.76. The predicted molar refractivity (Wildman–Crippen MR) is 120 cm³/mol. The minimum Gasteiger partial charge on any atom is -0.467 e. The van der Waals surface area contributed by atoms with E-state index in [-0.39, 0.29) is 24.6 Å². The molecular weight excluding hydrogens is 441 g/mol. The minimum atomic E-state index is -0.414. The van der Waals surface area contributed by atoms with Crippen LogP contribution in [0.4, 0.5) is 10.5 Å². The summed E-state index contributed by atoms with van der Waals surface area (Å²) in [5.74, 6) is 0.498. The second kappa shape index (κ2) is 10.9. The number of nitrogens with zero attached hydrogens (tertiary/aromatic N) is 2. The van der Waals surface area contributed by atoms with Gasteiger partial charge < -0.3 is 24.3 Å². The van der Waals surface area contributed by atoms with Crippen molar-refractivity contribution in [3.63, 3.8) is 0 Å². The lowest BCUT2D eigenvalue weighted by atomic mass is 10.2. The zero-order valence-corrected chi connectivity index (χ0v) is 19.2. The fourth-order valence-corrected chi connectivity index (χ4v) is 3.85. The van der Waals surface area contributed by atoms with Gasteiger partial charge in [0.05, 0.1) is 29.6 Å². The molecule has 1 aromatic carbocycles.